The van der Waals surface area contributed by atoms with E-state index in [-0.39, 0.29) is 30.0 Å². The molecule has 2 fully saturated rings. The van der Waals surface area contributed by atoms with Crippen LogP contribution in [0.3, 0.4) is 0 Å². The Morgan fingerprint density at radius 2 is 1.67 bits per heavy atom. The van der Waals surface area contributed by atoms with E-state index in [0.29, 0.717) is 31.9 Å². The molecule has 1 saturated carbocycles. The van der Waals surface area contributed by atoms with Gasteiger partial charge in [0.2, 0.25) is 11.8 Å². The molecule has 3 amide bonds. The summed E-state index contributed by atoms with van der Waals surface area (Å²) in [5.74, 6) is 0.269. The average molecular weight is 410 g/mol. The maximum Gasteiger partial charge on any atom is 0.273 e. The molecule has 158 valence electrons. The molecule has 1 aliphatic carbocycles. The standard InChI is InChI=1S/C22H26N4O4/c27-20(25-10-12-26(13-11-25)22(29)17-8-4-5-9-17)15-23-21(28)18-14-19(30-24-18)16-6-2-1-3-7-16/h1-3,6-7,14,17H,4-5,8-13,15H2,(H,23,28). The molecule has 4 rings (SSSR count). The average Bonchev–Trinajstić information content (AvgIpc) is 3.50. The van der Waals surface area contributed by atoms with Gasteiger partial charge in [0, 0.05) is 43.7 Å². The zero-order valence-electron chi connectivity index (χ0n) is 16.9. The summed E-state index contributed by atoms with van der Waals surface area (Å²) in [5.41, 5.74) is 0.957. The Morgan fingerprint density at radius 1 is 1.00 bits per heavy atom. The second-order valence-corrected chi connectivity index (χ2v) is 7.81. The Kier molecular flexibility index (Phi) is 6.11. The molecule has 1 aromatic carbocycles. The first-order valence-electron chi connectivity index (χ1n) is 10.5. The highest BCUT2D eigenvalue weighted by atomic mass is 16.5. The number of hydrogen-bond donors (Lipinski definition) is 1. The van der Waals surface area contributed by atoms with Gasteiger partial charge in [0.25, 0.3) is 5.91 Å². The van der Waals surface area contributed by atoms with Gasteiger partial charge in [-0.15, -0.1) is 0 Å². The first-order valence-corrected chi connectivity index (χ1v) is 10.5. The van der Waals surface area contributed by atoms with E-state index in [1.165, 1.54) is 0 Å². The molecule has 8 nitrogen and oxygen atoms in total. The van der Waals surface area contributed by atoms with Gasteiger partial charge in [-0.05, 0) is 12.8 Å². The maximum atomic E-state index is 12.5. The summed E-state index contributed by atoms with van der Waals surface area (Å²) in [6.07, 6.45) is 4.23. The van der Waals surface area contributed by atoms with E-state index >= 15 is 0 Å². The summed E-state index contributed by atoms with van der Waals surface area (Å²) in [6, 6.07) is 10.9. The van der Waals surface area contributed by atoms with Gasteiger partial charge in [-0.2, -0.15) is 0 Å². The summed E-state index contributed by atoms with van der Waals surface area (Å²) in [5, 5.41) is 6.40. The molecule has 30 heavy (non-hydrogen) atoms. The van der Waals surface area contributed by atoms with Crippen molar-refractivity contribution in [3.63, 3.8) is 0 Å². The summed E-state index contributed by atoms with van der Waals surface area (Å²) in [4.78, 5) is 40.8. The van der Waals surface area contributed by atoms with Crippen molar-refractivity contribution in [3.8, 4) is 11.3 Å². The maximum absolute atomic E-state index is 12.5. The van der Waals surface area contributed by atoms with Crippen molar-refractivity contribution in [1.82, 2.24) is 20.3 Å². The largest absolute Gasteiger partial charge is 0.355 e. The fourth-order valence-electron chi connectivity index (χ4n) is 4.09. The molecule has 2 aromatic rings. The normalized spacial score (nSPS) is 17.2. The van der Waals surface area contributed by atoms with E-state index in [1.807, 2.05) is 35.2 Å². The summed E-state index contributed by atoms with van der Waals surface area (Å²) in [7, 11) is 0. The molecule has 0 unspecified atom stereocenters. The van der Waals surface area contributed by atoms with E-state index in [1.54, 1.807) is 11.0 Å². The second kappa shape index (κ2) is 9.11. The Morgan fingerprint density at radius 3 is 2.37 bits per heavy atom. The first-order chi connectivity index (χ1) is 14.6. The van der Waals surface area contributed by atoms with Gasteiger partial charge in [-0.1, -0.05) is 48.3 Å². The van der Waals surface area contributed by atoms with Crippen molar-refractivity contribution in [2.45, 2.75) is 25.7 Å². The van der Waals surface area contributed by atoms with Gasteiger partial charge in [0.05, 0.1) is 6.54 Å². The molecule has 8 heteroatoms. The number of amides is 3. The molecule has 0 atom stereocenters. The predicted molar refractivity (Wildman–Crippen MR) is 109 cm³/mol. The third-order valence-electron chi connectivity index (χ3n) is 5.85. The van der Waals surface area contributed by atoms with E-state index < -0.39 is 5.91 Å². The van der Waals surface area contributed by atoms with Crippen molar-refractivity contribution >= 4 is 17.7 Å². The zero-order valence-corrected chi connectivity index (χ0v) is 16.9. The van der Waals surface area contributed by atoms with Crippen LogP contribution in [0.5, 0.6) is 0 Å². The Balaban J connectivity index is 1.24. The lowest BCUT2D eigenvalue weighted by atomic mass is 10.1. The van der Waals surface area contributed by atoms with Crippen LogP contribution in [0, 0.1) is 5.92 Å². The Hall–Kier alpha value is -3.16. The highest BCUT2D eigenvalue weighted by Gasteiger charge is 2.30. The molecular formula is C22H26N4O4. The lowest BCUT2D eigenvalue weighted by Crippen LogP contribution is -2.53. The van der Waals surface area contributed by atoms with Crippen LogP contribution in [-0.4, -0.2) is 65.4 Å². The van der Waals surface area contributed by atoms with Crippen LogP contribution in [-0.2, 0) is 9.59 Å². The third kappa shape index (κ3) is 4.53. The van der Waals surface area contributed by atoms with Crippen LogP contribution in [0.2, 0.25) is 0 Å². The minimum atomic E-state index is -0.454. The van der Waals surface area contributed by atoms with Gasteiger partial charge in [-0.25, -0.2) is 0 Å². The smallest absolute Gasteiger partial charge is 0.273 e. The number of aromatic nitrogens is 1. The molecule has 0 spiro atoms. The second-order valence-electron chi connectivity index (χ2n) is 7.81. The fourth-order valence-corrected chi connectivity index (χ4v) is 4.09. The number of carbonyl (C=O) groups is 3. The third-order valence-corrected chi connectivity index (χ3v) is 5.85. The van der Waals surface area contributed by atoms with E-state index in [2.05, 4.69) is 10.5 Å². The fraction of sp³-hybridized carbons (Fsp3) is 0.455. The number of rotatable bonds is 5. The quantitative estimate of drug-likeness (QED) is 0.813. The molecular weight excluding hydrogens is 384 g/mol. The molecule has 1 aromatic heterocycles. The van der Waals surface area contributed by atoms with Crippen molar-refractivity contribution in [3.05, 3.63) is 42.1 Å². The van der Waals surface area contributed by atoms with Crippen molar-refractivity contribution in [2.75, 3.05) is 32.7 Å². The SMILES string of the molecule is O=C(NCC(=O)N1CCN(C(=O)C2CCCC2)CC1)c1cc(-c2ccccc2)on1. The summed E-state index contributed by atoms with van der Waals surface area (Å²) < 4.78 is 5.23. The zero-order chi connectivity index (χ0) is 20.9. The minimum absolute atomic E-state index is 0.108. The van der Waals surface area contributed by atoms with E-state index in [4.69, 9.17) is 4.52 Å². The van der Waals surface area contributed by atoms with Crippen LogP contribution in [0.15, 0.2) is 40.9 Å². The number of benzene rings is 1. The monoisotopic (exact) mass is 410 g/mol. The number of nitrogens with one attached hydrogen (secondary N) is 1. The van der Waals surface area contributed by atoms with Gasteiger partial charge in [0.1, 0.15) is 0 Å². The number of hydrogen-bond acceptors (Lipinski definition) is 5. The van der Waals surface area contributed by atoms with Crippen molar-refractivity contribution in [2.24, 2.45) is 5.92 Å². The molecule has 1 aliphatic heterocycles. The Bertz CT molecular complexity index is 897. The van der Waals surface area contributed by atoms with Crippen LogP contribution in [0.1, 0.15) is 36.2 Å². The van der Waals surface area contributed by atoms with Crippen molar-refractivity contribution in [1.29, 1.82) is 0 Å². The lowest BCUT2D eigenvalue weighted by Gasteiger charge is -2.36. The van der Waals surface area contributed by atoms with Gasteiger partial charge < -0.3 is 19.6 Å². The van der Waals surface area contributed by atoms with Gasteiger partial charge in [0.15, 0.2) is 11.5 Å². The Labute approximate surface area is 175 Å². The highest BCUT2D eigenvalue weighted by Crippen LogP contribution is 2.27. The number of piperazine rings is 1. The van der Waals surface area contributed by atoms with Crippen molar-refractivity contribution < 1.29 is 18.9 Å². The van der Waals surface area contributed by atoms with Crippen LogP contribution < -0.4 is 5.32 Å². The number of nitrogens with zero attached hydrogens (tertiary/aromatic N) is 3. The molecule has 2 heterocycles. The molecule has 0 radical (unpaired) electrons. The van der Waals surface area contributed by atoms with E-state index in [0.717, 1.165) is 31.2 Å². The van der Waals surface area contributed by atoms with E-state index in [9.17, 15) is 14.4 Å². The lowest BCUT2D eigenvalue weighted by molar-refractivity contribution is -0.141. The van der Waals surface area contributed by atoms with Crippen LogP contribution in [0.4, 0.5) is 0 Å². The topological polar surface area (TPSA) is 95.8 Å². The first kappa shape index (κ1) is 20.1. The van der Waals surface area contributed by atoms with Crippen LogP contribution in [0.25, 0.3) is 11.3 Å². The van der Waals surface area contributed by atoms with Gasteiger partial charge in [-0.3, -0.25) is 14.4 Å². The molecule has 2 aliphatic rings. The minimum Gasteiger partial charge on any atom is -0.355 e. The highest BCUT2D eigenvalue weighted by molar-refractivity contribution is 5.95. The van der Waals surface area contributed by atoms with Gasteiger partial charge >= 0.3 is 0 Å². The predicted octanol–water partition coefficient (Wildman–Crippen LogP) is 1.93. The summed E-state index contributed by atoms with van der Waals surface area (Å²) in [6.45, 7) is 1.99. The summed E-state index contributed by atoms with van der Waals surface area (Å²) >= 11 is 0. The molecule has 0 bridgehead atoms. The molecule has 1 saturated heterocycles. The molecule has 1 N–H and O–H groups in total. The number of carbonyl (C=O) groups excluding carboxylic acids is 3. The van der Waals surface area contributed by atoms with Crippen LogP contribution >= 0.6 is 0 Å².